The summed E-state index contributed by atoms with van der Waals surface area (Å²) in [5.41, 5.74) is 3.35. The molecule has 2 nitrogen and oxygen atoms in total. The van der Waals surface area contributed by atoms with Crippen LogP contribution in [-0.2, 0) is 0 Å². The zero-order valence-corrected chi connectivity index (χ0v) is 15.9. The average molecular weight is 434 g/mol. The highest BCUT2D eigenvalue weighted by Crippen LogP contribution is 2.38. The Hall–Kier alpha value is -0.550. The van der Waals surface area contributed by atoms with Crippen molar-refractivity contribution in [1.29, 1.82) is 0 Å². The molecule has 1 unspecified atom stereocenters. The van der Waals surface area contributed by atoms with Gasteiger partial charge in [-0.1, -0.05) is 39.7 Å². The maximum absolute atomic E-state index is 6.20. The van der Waals surface area contributed by atoms with Gasteiger partial charge in [0.25, 0.3) is 0 Å². The molecule has 0 saturated carbocycles. The Morgan fingerprint density at radius 2 is 1.86 bits per heavy atom. The second-order valence-electron chi connectivity index (χ2n) is 4.74. The summed E-state index contributed by atoms with van der Waals surface area (Å²) in [6.45, 7) is 2.07. The summed E-state index contributed by atoms with van der Waals surface area (Å²) in [6, 6.07) is 10.1. The van der Waals surface area contributed by atoms with Crippen molar-refractivity contribution >= 4 is 43.5 Å². The van der Waals surface area contributed by atoms with Gasteiger partial charge in [-0.05, 0) is 59.2 Å². The molecule has 2 aromatic rings. The molecule has 0 radical (unpaired) electrons. The van der Waals surface area contributed by atoms with Crippen LogP contribution >= 0.6 is 43.5 Å². The number of aryl methyl sites for hydroxylation is 1. The van der Waals surface area contributed by atoms with Crippen LogP contribution < -0.4 is 10.1 Å². The fourth-order valence-corrected chi connectivity index (χ4v) is 3.60. The maximum atomic E-state index is 6.20. The minimum absolute atomic E-state index is 0.00162. The minimum atomic E-state index is 0.00162. The van der Waals surface area contributed by atoms with E-state index in [1.807, 2.05) is 19.2 Å². The highest BCUT2D eigenvalue weighted by Gasteiger charge is 2.20. The summed E-state index contributed by atoms with van der Waals surface area (Å²) < 4.78 is 7.48. The quantitative estimate of drug-likeness (QED) is 0.688. The van der Waals surface area contributed by atoms with Gasteiger partial charge in [0.2, 0.25) is 0 Å². The molecule has 1 atom stereocenters. The van der Waals surface area contributed by atoms with Gasteiger partial charge in [0, 0.05) is 15.1 Å². The Bertz CT molecular complexity index is 661. The van der Waals surface area contributed by atoms with E-state index in [4.69, 9.17) is 16.3 Å². The molecule has 2 rings (SSSR count). The Morgan fingerprint density at radius 1 is 1.14 bits per heavy atom. The number of hydrogen-bond donors (Lipinski definition) is 1. The molecule has 0 spiro atoms. The predicted octanol–water partition coefficient (Wildman–Crippen LogP) is 5.49. The SMILES string of the molecule is CNC(c1ccc(Br)c(C)c1)c1cc(Cl)cc(Br)c1OC. The lowest BCUT2D eigenvalue weighted by atomic mass is 9.96. The van der Waals surface area contributed by atoms with Crippen LogP contribution in [0.1, 0.15) is 22.7 Å². The Kier molecular flexibility index (Phi) is 5.72. The molecule has 0 amide bonds. The van der Waals surface area contributed by atoms with E-state index >= 15 is 0 Å². The second-order valence-corrected chi connectivity index (χ2v) is 6.89. The van der Waals surface area contributed by atoms with Gasteiger partial charge in [-0.3, -0.25) is 0 Å². The van der Waals surface area contributed by atoms with Crippen molar-refractivity contribution in [3.8, 4) is 5.75 Å². The molecular formula is C16H16Br2ClNO. The number of halogens is 3. The van der Waals surface area contributed by atoms with E-state index in [9.17, 15) is 0 Å². The summed E-state index contributed by atoms with van der Waals surface area (Å²) in [7, 11) is 3.59. The number of hydrogen-bond acceptors (Lipinski definition) is 2. The summed E-state index contributed by atoms with van der Waals surface area (Å²) in [5.74, 6) is 0.791. The Balaban J connectivity index is 2.58. The van der Waals surface area contributed by atoms with E-state index in [1.54, 1.807) is 7.11 Å². The molecule has 0 aromatic heterocycles. The van der Waals surface area contributed by atoms with E-state index in [1.165, 1.54) is 5.56 Å². The minimum Gasteiger partial charge on any atom is -0.495 e. The van der Waals surface area contributed by atoms with Crippen LogP contribution in [0.4, 0.5) is 0 Å². The fourth-order valence-electron chi connectivity index (χ4n) is 2.36. The number of benzene rings is 2. The molecule has 0 fully saturated rings. The van der Waals surface area contributed by atoms with Gasteiger partial charge in [-0.2, -0.15) is 0 Å². The van der Waals surface area contributed by atoms with E-state index in [0.29, 0.717) is 5.02 Å². The summed E-state index contributed by atoms with van der Waals surface area (Å²) in [6.07, 6.45) is 0. The fraction of sp³-hybridized carbons (Fsp3) is 0.250. The lowest BCUT2D eigenvalue weighted by Crippen LogP contribution is -2.18. The molecule has 0 saturated heterocycles. The first-order valence-corrected chi connectivity index (χ1v) is 8.40. The molecule has 2 aromatic carbocycles. The van der Waals surface area contributed by atoms with Crippen molar-refractivity contribution in [2.24, 2.45) is 0 Å². The number of methoxy groups -OCH3 is 1. The summed E-state index contributed by atoms with van der Waals surface area (Å²) >= 11 is 13.2. The number of rotatable bonds is 4. The van der Waals surface area contributed by atoms with Gasteiger partial charge in [0.15, 0.2) is 0 Å². The summed E-state index contributed by atoms with van der Waals surface area (Å²) in [5, 5.41) is 4.01. The van der Waals surface area contributed by atoms with Crippen molar-refractivity contribution in [3.05, 3.63) is 61.0 Å². The third-order valence-corrected chi connectivity index (χ3v) is 5.05. The van der Waals surface area contributed by atoms with Crippen LogP contribution in [0.3, 0.4) is 0 Å². The molecule has 1 N–H and O–H groups in total. The first-order chi connectivity index (χ1) is 9.97. The largest absolute Gasteiger partial charge is 0.495 e. The van der Waals surface area contributed by atoms with Crippen molar-refractivity contribution in [1.82, 2.24) is 5.32 Å². The molecule has 0 heterocycles. The highest BCUT2D eigenvalue weighted by atomic mass is 79.9. The van der Waals surface area contributed by atoms with Gasteiger partial charge < -0.3 is 10.1 Å². The van der Waals surface area contributed by atoms with Crippen molar-refractivity contribution < 1.29 is 4.74 Å². The standard InChI is InChI=1S/C16H16Br2ClNO/c1-9-6-10(4-5-13(9)17)15(20-2)12-7-11(19)8-14(18)16(12)21-3/h4-8,15,20H,1-3H3. The maximum Gasteiger partial charge on any atom is 0.138 e. The molecular weight excluding hydrogens is 417 g/mol. The van der Waals surface area contributed by atoms with Gasteiger partial charge >= 0.3 is 0 Å². The zero-order valence-electron chi connectivity index (χ0n) is 12.0. The molecule has 5 heteroatoms. The lowest BCUT2D eigenvalue weighted by Gasteiger charge is -2.21. The van der Waals surface area contributed by atoms with Crippen molar-refractivity contribution in [2.45, 2.75) is 13.0 Å². The van der Waals surface area contributed by atoms with E-state index < -0.39 is 0 Å². The smallest absolute Gasteiger partial charge is 0.138 e. The van der Waals surface area contributed by atoms with Gasteiger partial charge in [0.05, 0.1) is 17.6 Å². The van der Waals surface area contributed by atoms with Crippen LogP contribution in [0.2, 0.25) is 5.02 Å². The van der Waals surface area contributed by atoms with E-state index in [-0.39, 0.29) is 6.04 Å². The third-order valence-electron chi connectivity index (χ3n) is 3.36. The second kappa shape index (κ2) is 7.14. The van der Waals surface area contributed by atoms with Crippen molar-refractivity contribution in [2.75, 3.05) is 14.2 Å². The zero-order chi connectivity index (χ0) is 15.6. The van der Waals surface area contributed by atoms with Crippen LogP contribution in [0.5, 0.6) is 5.75 Å². The Morgan fingerprint density at radius 3 is 2.43 bits per heavy atom. The molecule has 0 aliphatic carbocycles. The topological polar surface area (TPSA) is 21.3 Å². The normalized spacial score (nSPS) is 12.3. The van der Waals surface area contributed by atoms with Crippen LogP contribution in [-0.4, -0.2) is 14.2 Å². The number of ether oxygens (including phenoxy) is 1. The van der Waals surface area contributed by atoms with Crippen LogP contribution in [0.25, 0.3) is 0 Å². The first kappa shape index (κ1) is 16.8. The third kappa shape index (κ3) is 3.62. The molecule has 0 aliphatic heterocycles. The molecule has 112 valence electrons. The molecule has 21 heavy (non-hydrogen) atoms. The monoisotopic (exact) mass is 431 g/mol. The van der Waals surface area contributed by atoms with Gasteiger partial charge in [-0.25, -0.2) is 0 Å². The molecule has 0 aliphatic rings. The van der Waals surface area contributed by atoms with Gasteiger partial charge in [0.1, 0.15) is 5.75 Å². The lowest BCUT2D eigenvalue weighted by molar-refractivity contribution is 0.402. The highest BCUT2D eigenvalue weighted by molar-refractivity contribution is 9.10. The van der Waals surface area contributed by atoms with E-state index in [0.717, 1.165) is 25.8 Å². The van der Waals surface area contributed by atoms with Crippen molar-refractivity contribution in [3.63, 3.8) is 0 Å². The summed E-state index contributed by atoms with van der Waals surface area (Å²) in [4.78, 5) is 0. The number of nitrogens with one attached hydrogen (secondary N) is 1. The molecule has 0 bridgehead atoms. The first-order valence-electron chi connectivity index (χ1n) is 6.44. The van der Waals surface area contributed by atoms with E-state index in [2.05, 4.69) is 62.3 Å². The van der Waals surface area contributed by atoms with Crippen LogP contribution in [0.15, 0.2) is 39.3 Å². The van der Waals surface area contributed by atoms with Crippen LogP contribution in [0, 0.1) is 6.92 Å². The predicted molar refractivity (Wildman–Crippen MR) is 95.5 cm³/mol. The van der Waals surface area contributed by atoms with Gasteiger partial charge in [-0.15, -0.1) is 0 Å². The Labute approximate surface area is 147 Å². The average Bonchev–Trinajstić information content (AvgIpc) is 2.43.